The summed E-state index contributed by atoms with van der Waals surface area (Å²) >= 11 is 0. The smallest absolute Gasteiger partial charge is 0.294 e. The number of rotatable bonds is 13. The van der Waals surface area contributed by atoms with Crippen LogP contribution >= 0.6 is 0 Å². The molecule has 0 saturated heterocycles. The molecule has 0 radical (unpaired) electrons. The maximum Gasteiger partial charge on any atom is 0.294 e. The summed E-state index contributed by atoms with van der Waals surface area (Å²) in [4.78, 5) is -7.88. The molecule has 32 nitrogen and oxygen atoms in total. The van der Waals surface area contributed by atoms with Gasteiger partial charge in [0.1, 0.15) is 59.2 Å². The molecule has 0 atom stereocenters. The Kier molecular flexibility index (Phi) is 18.6. The summed E-state index contributed by atoms with van der Waals surface area (Å²) in [6, 6.07) is 11.0. The van der Waals surface area contributed by atoms with Gasteiger partial charge in [0.2, 0.25) is 0 Å². The molecule has 40 heteroatoms. The number of aromatic hydroxyl groups is 6. The van der Waals surface area contributed by atoms with Gasteiger partial charge in [-0.15, -0.1) is 0 Å². The van der Waals surface area contributed by atoms with Crippen LogP contribution in [-0.4, -0.2) is 148 Å². The zero-order chi connectivity index (χ0) is 72.3. The van der Waals surface area contributed by atoms with E-state index in [4.69, 9.17) is 9.47 Å². The Labute approximate surface area is 556 Å². The molecule has 10 rings (SSSR count). The summed E-state index contributed by atoms with van der Waals surface area (Å²) < 4.78 is 303. The average molecular weight is 1520 g/mol. The highest BCUT2D eigenvalue weighted by Gasteiger charge is 2.32. The normalized spacial score (nSPS) is 14.2. The van der Waals surface area contributed by atoms with E-state index in [1.807, 2.05) is 0 Å². The lowest BCUT2D eigenvalue weighted by atomic mass is 9.91. The first-order valence-electron chi connectivity index (χ1n) is 27.5. The highest BCUT2D eigenvalue weighted by molar-refractivity contribution is 7.87. The summed E-state index contributed by atoms with van der Waals surface area (Å²) in [6.45, 7) is -1.79. The first-order chi connectivity index (χ1) is 45.0. The third-order valence-electron chi connectivity index (χ3n) is 15.9. The zero-order valence-electron chi connectivity index (χ0n) is 49.2. The number of phenols is 6. The first-order valence-corrected chi connectivity index (χ1v) is 39.0. The second-order valence-electron chi connectivity index (χ2n) is 22.6. The number of ether oxygens (including phenoxy) is 2. The maximum absolute atomic E-state index is 13.2. The van der Waals surface area contributed by atoms with E-state index in [1.165, 1.54) is 0 Å². The van der Waals surface area contributed by atoms with Crippen LogP contribution in [0.15, 0.2) is 136 Å². The van der Waals surface area contributed by atoms with Crippen molar-refractivity contribution in [3.8, 4) is 46.0 Å². The molecule has 2 aliphatic rings. The lowest BCUT2D eigenvalue weighted by Gasteiger charge is -2.22. The van der Waals surface area contributed by atoms with E-state index in [-0.39, 0.29) is 0 Å². The highest BCUT2D eigenvalue weighted by Crippen LogP contribution is 2.45. The highest BCUT2D eigenvalue weighted by atomic mass is 32.2. The second-order valence-corrected chi connectivity index (χ2v) is 34.0. The van der Waals surface area contributed by atoms with Crippen molar-refractivity contribution in [2.75, 3.05) is 13.2 Å². The van der Waals surface area contributed by atoms with Gasteiger partial charge >= 0.3 is 0 Å². The van der Waals surface area contributed by atoms with Crippen LogP contribution in [0.4, 0.5) is 0 Å². The van der Waals surface area contributed by atoms with E-state index >= 15 is 0 Å². The predicted molar refractivity (Wildman–Crippen MR) is 333 cm³/mol. The average Bonchev–Trinajstić information content (AvgIpc) is 0.770. The van der Waals surface area contributed by atoms with Crippen LogP contribution in [0.3, 0.4) is 0 Å². The van der Waals surface area contributed by atoms with Crippen molar-refractivity contribution in [3.63, 3.8) is 0 Å². The molecule has 0 fully saturated rings. The quantitative estimate of drug-likeness (QED) is 0.0549. The van der Waals surface area contributed by atoms with Gasteiger partial charge in [-0.3, -0.25) is 36.4 Å². The van der Waals surface area contributed by atoms with Crippen LogP contribution in [0.5, 0.6) is 46.0 Å². The molecule has 16 bridgehead atoms. The van der Waals surface area contributed by atoms with Gasteiger partial charge in [0.15, 0.2) is 0 Å². The Morgan fingerprint density at radius 3 is 0.418 bits per heavy atom. The van der Waals surface area contributed by atoms with Gasteiger partial charge in [-0.1, -0.05) is 0 Å². The van der Waals surface area contributed by atoms with E-state index in [1.54, 1.807) is 0 Å². The predicted octanol–water partition coefficient (Wildman–Crippen LogP) is 4.70. The van der Waals surface area contributed by atoms with Crippen molar-refractivity contribution in [1.82, 2.24) is 0 Å². The lowest BCUT2D eigenvalue weighted by molar-refractivity contribution is 0.212. The number of hydrogen-bond acceptors (Lipinski definition) is 24. The Balaban J connectivity index is 1.19. The molecule has 0 saturated carbocycles. The number of hydrogen-bond donors (Lipinski definition) is 14. The zero-order valence-corrected chi connectivity index (χ0v) is 55.7. The molecule has 0 amide bonds. The Morgan fingerprint density at radius 2 is 0.306 bits per heavy atom. The van der Waals surface area contributed by atoms with Gasteiger partial charge in [0, 0.05) is 140 Å². The van der Waals surface area contributed by atoms with Gasteiger partial charge in [-0.2, -0.15) is 67.3 Å². The van der Waals surface area contributed by atoms with Gasteiger partial charge in [0.05, 0.1) is 39.2 Å². The topological polar surface area (TPSA) is 575 Å². The van der Waals surface area contributed by atoms with Gasteiger partial charge in [-0.25, -0.2) is 0 Å². The molecule has 522 valence electrons. The molecule has 8 aromatic rings. The summed E-state index contributed by atoms with van der Waals surface area (Å²) in [6.07, 6.45) is -7.35. The first kappa shape index (κ1) is 72.2. The minimum absolute atomic E-state index is 0.490. The second kappa shape index (κ2) is 25.3. The largest absolute Gasteiger partial charge is 0.507 e. The molecule has 0 heterocycles. The number of phenolic OH excluding ortho intramolecular Hbond substituents is 6. The fourth-order valence-corrected chi connectivity index (χ4v) is 16.1. The maximum atomic E-state index is 13.2. The Hall–Kier alpha value is -8.56. The molecule has 0 unspecified atom stereocenters. The van der Waals surface area contributed by atoms with E-state index in [9.17, 15) is 134 Å². The van der Waals surface area contributed by atoms with E-state index in [0.29, 0.717) is 97.1 Å². The van der Waals surface area contributed by atoms with Crippen LogP contribution in [0.2, 0.25) is 0 Å². The summed E-state index contributed by atoms with van der Waals surface area (Å²) in [5.74, 6) is -6.43. The van der Waals surface area contributed by atoms with Crippen molar-refractivity contribution in [2.24, 2.45) is 0 Å². The van der Waals surface area contributed by atoms with Gasteiger partial charge in [0.25, 0.3) is 80.9 Å². The van der Waals surface area contributed by atoms with Crippen molar-refractivity contribution in [3.05, 3.63) is 186 Å². The lowest BCUT2D eigenvalue weighted by Crippen LogP contribution is -2.15. The van der Waals surface area contributed by atoms with Gasteiger partial charge < -0.3 is 40.1 Å². The van der Waals surface area contributed by atoms with Crippen molar-refractivity contribution >= 4 is 80.9 Å². The fourth-order valence-electron chi connectivity index (χ4n) is 11.4. The van der Waals surface area contributed by atoms with Crippen molar-refractivity contribution < 1.29 is 144 Å². The van der Waals surface area contributed by atoms with E-state index in [0.717, 1.165) is 0 Å². The molecule has 14 N–H and O–H groups in total. The molecular formula is C58H50O32S8. The minimum Gasteiger partial charge on any atom is -0.507 e. The fraction of sp³-hybridized carbons (Fsp3) is 0.172. The summed E-state index contributed by atoms with van der Waals surface area (Å²) in [5.41, 5.74) is -8.45. The number of fused-ring (bicyclic) bond motifs is 16. The van der Waals surface area contributed by atoms with Crippen LogP contribution in [0, 0.1) is 0 Å². The molecule has 0 spiro atoms. The monoisotopic (exact) mass is 1510 g/mol. The van der Waals surface area contributed by atoms with Crippen molar-refractivity contribution in [2.45, 2.75) is 90.5 Å². The standard InChI is InChI=1S/C58H50O32S8/c59-51-27-3-31-15-45(93(71,72)73)19-35(53(31)61)7-39-23-49(97(83,84)85)24-40(8-36-20-46(94(74,75)76)16-32(54(36)62)4-28(51)12-43(11-27)91(65,66)67)57(39)89-1-2-90-58-41-9-37-21-47(95(77,78)79)17-33(55(37)63)5-29-13-44(92(68,69)70)14-30(52(29)60)6-34-18-48(96(80,81)82)22-38(56(34)64)10-42(58)26-50(25-41)98(86,87)88/h11-26,59-64H,1-10H2,(H,65,66,67)(H,68,69,70)(H,71,72,73)(H,74,75,76)(H,77,78,79)(H,80,81,82)(H,83,84,85)(H,86,87,88). The molecule has 98 heavy (non-hydrogen) atoms. The van der Waals surface area contributed by atoms with Crippen LogP contribution in [0.25, 0.3) is 0 Å². The molecular weight excluding hydrogens is 1470 g/mol. The van der Waals surface area contributed by atoms with Crippen LogP contribution in [-0.2, 0) is 132 Å². The number of benzene rings is 8. The summed E-state index contributed by atoms with van der Waals surface area (Å²) in [5, 5.41) is 71.3. The molecule has 0 aromatic heterocycles. The molecule has 8 aromatic carbocycles. The van der Waals surface area contributed by atoms with Gasteiger partial charge in [-0.05, 0) is 97.1 Å². The summed E-state index contributed by atoms with van der Waals surface area (Å²) in [7, 11) is -42.6. The molecule has 0 aliphatic heterocycles. The molecule has 2 aliphatic carbocycles. The third-order valence-corrected chi connectivity index (χ3v) is 22.5. The minimum atomic E-state index is -5.41. The van der Waals surface area contributed by atoms with E-state index < -0.39 is 320 Å². The SMILES string of the molecule is O=S(=O)(O)c1cc2c(O)c(c1)Cc1cc(S(=O)(=O)O)cc(c1O)Cc1cc(S(=O)(=O)O)cc(c1OCCOc1c3cc(S(=O)(=O)O)cc1Cc1cc(S(=O)(=O)O)cc(c1O)Cc1cc(S(=O)(=O)O)cc(c1O)Cc1cc(S(=O)(=O)O)cc(c1O)C3)Cc1cc(S(=O)(=O)O)cc(c1O)C2. The Bertz CT molecular complexity index is 5130. The Morgan fingerprint density at radius 1 is 0.204 bits per heavy atom. The van der Waals surface area contributed by atoms with E-state index in [2.05, 4.69) is 0 Å². The van der Waals surface area contributed by atoms with Crippen LogP contribution < -0.4 is 9.47 Å². The third kappa shape index (κ3) is 15.3. The van der Waals surface area contributed by atoms with Crippen molar-refractivity contribution in [1.29, 1.82) is 0 Å². The van der Waals surface area contributed by atoms with Crippen LogP contribution in [0.1, 0.15) is 89.0 Å².